The van der Waals surface area contributed by atoms with E-state index in [4.69, 9.17) is 23.2 Å². The second kappa shape index (κ2) is 11.1. The van der Waals surface area contributed by atoms with E-state index in [1.807, 2.05) is 14.1 Å². The van der Waals surface area contributed by atoms with Gasteiger partial charge >= 0.3 is 5.82 Å². The van der Waals surface area contributed by atoms with Crippen molar-refractivity contribution in [2.75, 3.05) is 32.5 Å². The summed E-state index contributed by atoms with van der Waals surface area (Å²) in [5, 5.41) is 15.9. The molecular formula is C25H24Cl2N7O3+. The highest BCUT2D eigenvalue weighted by atomic mass is 35.5. The van der Waals surface area contributed by atoms with E-state index in [0.717, 1.165) is 0 Å². The Bertz CT molecular complexity index is 1470. The van der Waals surface area contributed by atoms with Crippen molar-refractivity contribution in [2.45, 2.75) is 12.8 Å². The average molecular weight is 541 g/mol. The molecule has 0 amide bonds. The van der Waals surface area contributed by atoms with Gasteiger partial charge in [-0.15, -0.1) is 0 Å². The van der Waals surface area contributed by atoms with Crippen molar-refractivity contribution >= 4 is 57.6 Å². The van der Waals surface area contributed by atoms with Crippen LogP contribution in [0.4, 0.5) is 11.5 Å². The van der Waals surface area contributed by atoms with E-state index in [2.05, 4.69) is 25.3 Å². The smallest absolute Gasteiger partial charge is 0.358 e. The van der Waals surface area contributed by atoms with Gasteiger partial charge in [0.25, 0.3) is 0 Å². The Morgan fingerprint density at radius 3 is 2.76 bits per heavy atom. The number of nitrogens with zero attached hydrogens (tertiary/aromatic N) is 6. The third kappa shape index (κ3) is 6.73. The third-order valence-electron chi connectivity index (χ3n) is 5.68. The van der Waals surface area contributed by atoms with Crippen LogP contribution in [0.25, 0.3) is 10.9 Å². The fraction of sp³-hybridized carbons (Fsp3) is 0.240. The molecule has 0 aliphatic carbocycles. The Balaban J connectivity index is 1.42. The van der Waals surface area contributed by atoms with Crippen molar-refractivity contribution in [2.24, 2.45) is 4.99 Å². The Hall–Kier alpha value is -3.73. The molecule has 0 radical (unpaired) electrons. The van der Waals surface area contributed by atoms with Gasteiger partial charge in [0.15, 0.2) is 5.78 Å². The SMILES string of the molecule is C[N+](C)(C/C=C/C(=O)Cc1cc2c(Nc3ccc(Cl)c(Cl)c3)ncnc2cn1)CC1=C([N+](=O)[O-])N=CC1. The van der Waals surface area contributed by atoms with Crippen molar-refractivity contribution in [3.05, 3.63) is 86.2 Å². The van der Waals surface area contributed by atoms with Crippen LogP contribution in [0.5, 0.6) is 0 Å². The zero-order valence-corrected chi connectivity index (χ0v) is 21.7. The molecule has 3 heterocycles. The number of pyridine rings is 1. The summed E-state index contributed by atoms with van der Waals surface area (Å²) in [7, 11) is 3.90. The molecule has 37 heavy (non-hydrogen) atoms. The van der Waals surface area contributed by atoms with Gasteiger partial charge in [0.05, 0.1) is 54.4 Å². The molecule has 4 rings (SSSR count). The lowest BCUT2D eigenvalue weighted by Gasteiger charge is -2.28. The number of nitro groups is 1. The van der Waals surface area contributed by atoms with Gasteiger partial charge in [0.1, 0.15) is 24.9 Å². The highest BCUT2D eigenvalue weighted by Gasteiger charge is 2.28. The first kappa shape index (κ1) is 26.3. The van der Waals surface area contributed by atoms with E-state index < -0.39 is 4.92 Å². The maximum atomic E-state index is 12.6. The van der Waals surface area contributed by atoms with Crippen molar-refractivity contribution < 1.29 is 14.2 Å². The number of benzene rings is 1. The molecule has 3 aromatic rings. The third-order valence-corrected chi connectivity index (χ3v) is 6.42. The monoisotopic (exact) mass is 540 g/mol. The summed E-state index contributed by atoms with van der Waals surface area (Å²) >= 11 is 12.1. The van der Waals surface area contributed by atoms with E-state index in [1.165, 1.54) is 12.4 Å². The Labute approximate surface area is 223 Å². The normalized spacial score (nSPS) is 13.6. The molecule has 1 N–H and O–H groups in total. The fourth-order valence-corrected chi connectivity index (χ4v) is 4.23. The summed E-state index contributed by atoms with van der Waals surface area (Å²) in [6.07, 6.45) is 8.47. The van der Waals surface area contributed by atoms with Crippen LogP contribution in [0.15, 0.2) is 65.3 Å². The van der Waals surface area contributed by atoms with Gasteiger partial charge in [-0.05, 0) is 41.3 Å². The zero-order valence-electron chi connectivity index (χ0n) is 20.2. The molecule has 12 heteroatoms. The van der Waals surface area contributed by atoms with Crippen LogP contribution >= 0.6 is 23.2 Å². The number of carbonyl (C=O) groups excluding carboxylic acids is 1. The molecule has 2 aromatic heterocycles. The first-order valence-electron chi connectivity index (χ1n) is 11.3. The second-order valence-electron chi connectivity index (χ2n) is 9.19. The largest absolute Gasteiger partial charge is 0.368 e. The number of fused-ring (bicyclic) bond motifs is 1. The predicted octanol–water partition coefficient (Wildman–Crippen LogP) is 4.78. The second-order valence-corrected chi connectivity index (χ2v) is 10.0. The lowest BCUT2D eigenvalue weighted by molar-refractivity contribution is -0.880. The van der Waals surface area contributed by atoms with Gasteiger partial charge < -0.3 is 19.9 Å². The van der Waals surface area contributed by atoms with Gasteiger partial charge in [-0.25, -0.2) is 9.97 Å². The Kier molecular flexibility index (Phi) is 7.91. The first-order valence-corrected chi connectivity index (χ1v) is 12.1. The van der Waals surface area contributed by atoms with Crippen molar-refractivity contribution in [1.82, 2.24) is 15.0 Å². The molecule has 0 saturated carbocycles. The van der Waals surface area contributed by atoms with Crippen LogP contribution in [0, 0.1) is 10.1 Å². The van der Waals surface area contributed by atoms with Gasteiger partial charge in [0.2, 0.25) is 0 Å². The van der Waals surface area contributed by atoms with E-state index >= 15 is 0 Å². The first-order chi connectivity index (χ1) is 17.6. The quantitative estimate of drug-likeness (QED) is 0.170. The minimum Gasteiger partial charge on any atom is -0.358 e. The zero-order chi connectivity index (χ0) is 26.6. The molecule has 0 atom stereocenters. The fourth-order valence-electron chi connectivity index (χ4n) is 3.93. The number of nitrogens with one attached hydrogen (secondary N) is 1. The van der Waals surface area contributed by atoms with E-state index in [-0.39, 0.29) is 18.0 Å². The maximum Gasteiger partial charge on any atom is 0.368 e. The van der Waals surface area contributed by atoms with E-state index in [0.29, 0.717) is 67.7 Å². The summed E-state index contributed by atoms with van der Waals surface area (Å²) < 4.78 is 0.453. The standard InChI is InChI=1S/C25H24Cl2N7O3/c1-34(2,14-16-7-8-28-25(16)33(36)37)9-3-4-19(35)10-18-11-20-23(13-29-18)30-15-31-24(20)32-17-5-6-21(26)22(27)12-17/h3-6,8,11-13,15H,7,9-10,14H2,1-2H3,(H,30,31,32)/q+1/b4-3+. The molecule has 190 valence electrons. The summed E-state index contributed by atoms with van der Waals surface area (Å²) in [5.74, 6) is 0.357. The lowest BCUT2D eigenvalue weighted by atomic mass is 10.1. The number of halogens is 2. The minimum atomic E-state index is -0.453. The number of hydrogen-bond donors (Lipinski definition) is 1. The molecule has 0 bridgehead atoms. The number of quaternary nitrogens is 1. The highest BCUT2D eigenvalue weighted by molar-refractivity contribution is 6.42. The van der Waals surface area contributed by atoms with Gasteiger partial charge in [-0.2, -0.15) is 0 Å². The predicted molar refractivity (Wildman–Crippen MR) is 144 cm³/mol. The van der Waals surface area contributed by atoms with Crippen LogP contribution in [0.2, 0.25) is 10.0 Å². The topological polar surface area (TPSA) is 123 Å². The van der Waals surface area contributed by atoms with Crippen LogP contribution in [-0.2, 0) is 11.2 Å². The Morgan fingerprint density at radius 2 is 2.00 bits per heavy atom. The molecular weight excluding hydrogens is 517 g/mol. The number of ketones is 1. The molecule has 0 unspecified atom stereocenters. The van der Waals surface area contributed by atoms with Crippen LogP contribution in [0.3, 0.4) is 0 Å². The molecule has 1 aliphatic heterocycles. The number of likely N-dealkylation sites (N-methyl/N-ethyl adjacent to an activating group) is 1. The number of aromatic nitrogens is 3. The molecule has 1 aromatic carbocycles. The number of anilines is 2. The molecule has 1 aliphatic rings. The molecule has 0 spiro atoms. The lowest BCUT2D eigenvalue weighted by Crippen LogP contribution is -2.41. The molecule has 10 nitrogen and oxygen atoms in total. The maximum absolute atomic E-state index is 12.6. The van der Waals surface area contributed by atoms with E-state index in [1.54, 1.807) is 42.8 Å². The van der Waals surface area contributed by atoms with Crippen molar-refractivity contribution in [1.29, 1.82) is 0 Å². The molecule has 0 saturated heterocycles. The summed E-state index contributed by atoms with van der Waals surface area (Å²) in [6, 6.07) is 6.95. The number of hydrogen-bond acceptors (Lipinski definition) is 8. The number of carbonyl (C=O) groups is 1. The Morgan fingerprint density at radius 1 is 1.19 bits per heavy atom. The van der Waals surface area contributed by atoms with Crippen molar-refractivity contribution in [3.8, 4) is 0 Å². The highest BCUT2D eigenvalue weighted by Crippen LogP contribution is 2.28. The summed E-state index contributed by atoms with van der Waals surface area (Å²) in [6.45, 7) is 0.993. The van der Waals surface area contributed by atoms with Crippen LogP contribution in [0.1, 0.15) is 12.1 Å². The minimum absolute atomic E-state index is 0.0781. The van der Waals surface area contributed by atoms with Crippen LogP contribution in [-0.4, -0.2) is 63.5 Å². The van der Waals surface area contributed by atoms with Crippen LogP contribution < -0.4 is 5.32 Å². The summed E-state index contributed by atoms with van der Waals surface area (Å²) in [5.41, 5.74) is 2.59. The van der Waals surface area contributed by atoms with E-state index in [9.17, 15) is 14.9 Å². The number of allylic oxidation sites excluding steroid dienone is 1. The number of rotatable bonds is 10. The average Bonchev–Trinajstić information content (AvgIpc) is 3.29. The van der Waals surface area contributed by atoms with Gasteiger partial charge in [0, 0.05) is 23.2 Å². The molecule has 0 fully saturated rings. The van der Waals surface area contributed by atoms with Gasteiger partial charge in [-0.1, -0.05) is 28.2 Å². The number of aliphatic imine (C=N–C) groups is 1. The van der Waals surface area contributed by atoms with Crippen molar-refractivity contribution in [3.63, 3.8) is 0 Å². The van der Waals surface area contributed by atoms with Gasteiger partial charge in [-0.3, -0.25) is 9.78 Å². The summed E-state index contributed by atoms with van der Waals surface area (Å²) in [4.78, 5) is 40.1.